The standard InChI is InChI=1S/C17H25ClN6O/c1-19-10-14(25)24-7-3-5-17(24)4-2-6-23(11-17)15-12-8-21-22-16(12)20-9-13(15)18/h8-9,14,19,25H,2-7,10-11H2,1H3,(H,20,21,22)/t14?,17-/m0/s1. The number of aliphatic hydroxyl groups excluding tert-OH is 1. The molecule has 2 aromatic heterocycles. The Bertz CT molecular complexity index is 752. The highest BCUT2D eigenvalue weighted by Crippen LogP contribution is 2.42. The lowest BCUT2D eigenvalue weighted by atomic mass is 9.85. The first-order valence-electron chi connectivity index (χ1n) is 8.96. The van der Waals surface area contributed by atoms with Crippen LogP contribution in [-0.4, -0.2) is 70.2 Å². The molecule has 2 saturated heterocycles. The molecular weight excluding hydrogens is 340 g/mol. The second-order valence-electron chi connectivity index (χ2n) is 7.17. The van der Waals surface area contributed by atoms with Crippen LogP contribution in [0.25, 0.3) is 11.0 Å². The van der Waals surface area contributed by atoms with Crippen LogP contribution in [-0.2, 0) is 0 Å². The van der Waals surface area contributed by atoms with Crippen molar-refractivity contribution in [1.29, 1.82) is 0 Å². The fraction of sp³-hybridized carbons (Fsp3) is 0.647. The zero-order chi connectivity index (χ0) is 17.4. The van der Waals surface area contributed by atoms with Gasteiger partial charge in [-0.15, -0.1) is 0 Å². The molecule has 136 valence electrons. The van der Waals surface area contributed by atoms with Crippen LogP contribution >= 0.6 is 11.6 Å². The van der Waals surface area contributed by atoms with Crippen molar-refractivity contribution >= 4 is 28.3 Å². The van der Waals surface area contributed by atoms with Gasteiger partial charge in [-0.05, 0) is 32.7 Å². The number of halogens is 1. The van der Waals surface area contributed by atoms with Gasteiger partial charge in [0.15, 0.2) is 5.65 Å². The van der Waals surface area contributed by atoms with Crippen molar-refractivity contribution in [3.63, 3.8) is 0 Å². The summed E-state index contributed by atoms with van der Waals surface area (Å²) in [5.74, 6) is 0. The minimum atomic E-state index is -0.450. The summed E-state index contributed by atoms with van der Waals surface area (Å²) in [4.78, 5) is 8.96. The number of likely N-dealkylation sites (N-methyl/N-ethyl adjacent to an activating group) is 1. The Morgan fingerprint density at radius 2 is 2.16 bits per heavy atom. The van der Waals surface area contributed by atoms with E-state index in [-0.39, 0.29) is 5.54 Å². The SMILES string of the molecule is CNCC(O)N1CCC[C@]12CCCN(c1c(Cl)cnc3[nH]ncc13)C2. The molecule has 8 heteroatoms. The van der Waals surface area contributed by atoms with Gasteiger partial charge >= 0.3 is 0 Å². The zero-order valence-electron chi connectivity index (χ0n) is 14.5. The van der Waals surface area contributed by atoms with Gasteiger partial charge in [0, 0.05) is 31.7 Å². The smallest absolute Gasteiger partial charge is 0.157 e. The molecule has 4 rings (SSSR count). The molecule has 2 aromatic rings. The van der Waals surface area contributed by atoms with Gasteiger partial charge in [0.05, 0.1) is 28.5 Å². The topological polar surface area (TPSA) is 80.3 Å². The quantitative estimate of drug-likeness (QED) is 0.764. The number of hydrogen-bond acceptors (Lipinski definition) is 6. The van der Waals surface area contributed by atoms with Gasteiger partial charge < -0.3 is 15.3 Å². The molecule has 2 atom stereocenters. The number of hydrogen-bond donors (Lipinski definition) is 3. The lowest BCUT2D eigenvalue weighted by molar-refractivity contribution is -0.0479. The molecule has 2 fully saturated rings. The number of nitrogens with one attached hydrogen (secondary N) is 2. The Kier molecular flexibility index (Phi) is 4.58. The molecule has 0 aromatic carbocycles. The molecule has 2 aliphatic rings. The summed E-state index contributed by atoms with van der Waals surface area (Å²) >= 11 is 6.52. The highest BCUT2D eigenvalue weighted by molar-refractivity contribution is 6.34. The summed E-state index contributed by atoms with van der Waals surface area (Å²) in [7, 11) is 1.88. The molecule has 0 aliphatic carbocycles. The van der Waals surface area contributed by atoms with Crippen LogP contribution < -0.4 is 10.2 Å². The van der Waals surface area contributed by atoms with Crippen LogP contribution in [0.5, 0.6) is 0 Å². The van der Waals surface area contributed by atoms with Crippen molar-refractivity contribution in [1.82, 2.24) is 25.4 Å². The number of likely N-dealkylation sites (tertiary alicyclic amines) is 1. The number of pyridine rings is 1. The molecule has 1 spiro atoms. The molecule has 0 amide bonds. The van der Waals surface area contributed by atoms with Gasteiger partial charge in [-0.3, -0.25) is 10.00 Å². The first-order chi connectivity index (χ1) is 12.1. The van der Waals surface area contributed by atoms with Crippen LogP contribution in [0.3, 0.4) is 0 Å². The van der Waals surface area contributed by atoms with Gasteiger partial charge in [-0.1, -0.05) is 11.6 Å². The second-order valence-corrected chi connectivity index (χ2v) is 7.58. The Balaban J connectivity index is 1.66. The van der Waals surface area contributed by atoms with E-state index < -0.39 is 6.23 Å². The zero-order valence-corrected chi connectivity index (χ0v) is 15.3. The van der Waals surface area contributed by atoms with Crippen LogP contribution in [0.1, 0.15) is 25.7 Å². The third kappa shape index (κ3) is 2.89. The average molecular weight is 365 g/mol. The monoisotopic (exact) mass is 364 g/mol. The van der Waals surface area contributed by atoms with E-state index in [0.717, 1.165) is 62.0 Å². The Labute approximate surface area is 152 Å². The molecule has 1 unspecified atom stereocenters. The van der Waals surface area contributed by atoms with Gasteiger partial charge in [0.2, 0.25) is 0 Å². The van der Waals surface area contributed by atoms with Gasteiger partial charge in [-0.25, -0.2) is 4.98 Å². The molecular formula is C17H25ClN6O. The molecule has 0 bridgehead atoms. The number of anilines is 1. The molecule has 3 N–H and O–H groups in total. The Morgan fingerprint density at radius 1 is 1.36 bits per heavy atom. The summed E-state index contributed by atoms with van der Waals surface area (Å²) in [6.45, 7) is 3.37. The summed E-state index contributed by atoms with van der Waals surface area (Å²) < 4.78 is 0. The summed E-state index contributed by atoms with van der Waals surface area (Å²) in [5.41, 5.74) is 1.78. The highest BCUT2D eigenvalue weighted by Gasteiger charge is 2.46. The van der Waals surface area contributed by atoms with Crippen molar-refractivity contribution in [2.24, 2.45) is 0 Å². The van der Waals surface area contributed by atoms with E-state index >= 15 is 0 Å². The molecule has 7 nitrogen and oxygen atoms in total. The van der Waals surface area contributed by atoms with Crippen molar-refractivity contribution in [2.45, 2.75) is 37.5 Å². The number of piperidine rings is 1. The predicted octanol–water partition coefficient (Wildman–Crippen LogP) is 1.58. The minimum absolute atomic E-state index is 0.0111. The van der Waals surface area contributed by atoms with Crippen LogP contribution in [0.2, 0.25) is 5.02 Å². The maximum absolute atomic E-state index is 10.6. The number of aromatic amines is 1. The van der Waals surface area contributed by atoms with Crippen LogP contribution in [0.15, 0.2) is 12.4 Å². The van der Waals surface area contributed by atoms with E-state index in [2.05, 4.69) is 30.3 Å². The molecule has 0 radical (unpaired) electrons. The van der Waals surface area contributed by atoms with Gasteiger partial charge in [0.1, 0.15) is 6.23 Å². The fourth-order valence-electron chi connectivity index (χ4n) is 4.64. The van der Waals surface area contributed by atoms with Crippen molar-refractivity contribution < 1.29 is 5.11 Å². The van der Waals surface area contributed by atoms with Crippen molar-refractivity contribution in [2.75, 3.05) is 38.1 Å². The third-order valence-corrected chi connectivity index (χ3v) is 5.95. The number of rotatable bonds is 4. The van der Waals surface area contributed by atoms with E-state index in [1.165, 1.54) is 0 Å². The lowest BCUT2D eigenvalue weighted by Gasteiger charge is -2.48. The lowest BCUT2D eigenvalue weighted by Crippen LogP contribution is -2.60. The third-order valence-electron chi connectivity index (χ3n) is 5.68. The first-order valence-corrected chi connectivity index (χ1v) is 9.34. The maximum Gasteiger partial charge on any atom is 0.157 e. The number of H-pyrrole nitrogens is 1. The summed E-state index contributed by atoms with van der Waals surface area (Å²) in [6.07, 6.45) is 7.48. The van der Waals surface area contributed by atoms with Crippen molar-refractivity contribution in [3.05, 3.63) is 17.4 Å². The number of nitrogens with zero attached hydrogens (tertiary/aromatic N) is 4. The van der Waals surface area contributed by atoms with Crippen LogP contribution in [0.4, 0.5) is 5.69 Å². The normalized spacial score (nSPS) is 26.0. The van der Waals surface area contributed by atoms with E-state index in [1.807, 2.05) is 7.05 Å². The summed E-state index contributed by atoms with van der Waals surface area (Å²) in [6, 6.07) is 0. The molecule has 25 heavy (non-hydrogen) atoms. The average Bonchev–Trinajstić information content (AvgIpc) is 3.22. The van der Waals surface area contributed by atoms with Crippen LogP contribution in [0, 0.1) is 0 Å². The van der Waals surface area contributed by atoms with Gasteiger partial charge in [0.25, 0.3) is 0 Å². The van der Waals surface area contributed by atoms with E-state index in [9.17, 15) is 5.11 Å². The Hall–Kier alpha value is -1.41. The summed E-state index contributed by atoms with van der Waals surface area (Å²) in [5, 5.41) is 22.4. The molecule has 4 heterocycles. The van der Waals surface area contributed by atoms with E-state index in [1.54, 1.807) is 12.4 Å². The molecule has 0 saturated carbocycles. The van der Waals surface area contributed by atoms with Gasteiger partial charge in [-0.2, -0.15) is 5.10 Å². The predicted molar refractivity (Wildman–Crippen MR) is 99.0 cm³/mol. The minimum Gasteiger partial charge on any atom is -0.377 e. The second kappa shape index (κ2) is 6.72. The number of aromatic nitrogens is 3. The highest BCUT2D eigenvalue weighted by atomic mass is 35.5. The number of aliphatic hydroxyl groups is 1. The molecule has 2 aliphatic heterocycles. The largest absolute Gasteiger partial charge is 0.377 e. The fourth-order valence-corrected chi connectivity index (χ4v) is 4.91. The maximum atomic E-state index is 10.6. The first kappa shape index (κ1) is 17.0. The van der Waals surface area contributed by atoms with Crippen molar-refractivity contribution in [3.8, 4) is 0 Å². The van der Waals surface area contributed by atoms with E-state index in [0.29, 0.717) is 11.6 Å². The van der Waals surface area contributed by atoms with E-state index in [4.69, 9.17) is 11.6 Å². The number of fused-ring (bicyclic) bond motifs is 1. The Morgan fingerprint density at radius 3 is 2.96 bits per heavy atom.